The van der Waals surface area contributed by atoms with E-state index in [-0.39, 0.29) is 17.4 Å². The van der Waals surface area contributed by atoms with E-state index in [1.165, 1.54) is 11.6 Å². The maximum absolute atomic E-state index is 13.8. The van der Waals surface area contributed by atoms with Gasteiger partial charge in [0.1, 0.15) is 5.82 Å². The van der Waals surface area contributed by atoms with Gasteiger partial charge < -0.3 is 0 Å². The first kappa shape index (κ1) is 19.2. The summed E-state index contributed by atoms with van der Waals surface area (Å²) in [5.41, 5.74) is 2.49. The molecule has 0 spiro atoms. The van der Waals surface area contributed by atoms with Crippen molar-refractivity contribution in [3.05, 3.63) is 69.5 Å². The number of hydrogen-bond acceptors (Lipinski definition) is 3. The van der Waals surface area contributed by atoms with Gasteiger partial charge in [-0.15, -0.1) is 0 Å². The predicted octanol–water partition coefficient (Wildman–Crippen LogP) is 5.60. The summed E-state index contributed by atoms with van der Waals surface area (Å²) in [5.74, 6) is 0.527. The van der Waals surface area contributed by atoms with Crippen molar-refractivity contribution in [1.29, 1.82) is 0 Å². The first-order chi connectivity index (χ1) is 14.5. The smallest absolute Gasteiger partial charge is 0.276 e. The quantitative estimate of drug-likeness (QED) is 0.465. The lowest BCUT2D eigenvalue weighted by Crippen LogP contribution is -2.28. The lowest BCUT2D eigenvalue weighted by Gasteiger charge is -2.33. The molecule has 0 aliphatic heterocycles. The molecule has 1 aromatic carbocycles. The minimum atomic E-state index is -0.231. The van der Waals surface area contributed by atoms with Crippen LogP contribution in [0.5, 0.6) is 0 Å². The van der Waals surface area contributed by atoms with E-state index in [1.54, 1.807) is 29.1 Å². The van der Waals surface area contributed by atoms with Crippen molar-refractivity contribution in [2.75, 3.05) is 0 Å². The van der Waals surface area contributed by atoms with E-state index in [1.807, 2.05) is 12.3 Å². The monoisotopic (exact) mass is 424 g/mol. The van der Waals surface area contributed by atoms with Gasteiger partial charge in [0.15, 0.2) is 5.65 Å². The van der Waals surface area contributed by atoms with Crippen molar-refractivity contribution in [1.82, 2.24) is 19.7 Å². The van der Waals surface area contributed by atoms with Gasteiger partial charge >= 0.3 is 0 Å². The number of aromatic nitrogens is 4. The van der Waals surface area contributed by atoms with Crippen LogP contribution in [0.2, 0.25) is 5.02 Å². The Kier molecular flexibility index (Phi) is 4.82. The molecule has 0 amide bonds. The lowest BCUT2D eigenvalue weighted by atomic mass is 9.75. The van der Waals surface area contributed by atoms with Crippen LogP contribution in [-0.4, -0.2) is 19.7 Å². The maximum Gasteiger partial charge on any atom is 0.276 e. The van der Waals surface area contributed by atoms with Gasteiger partial charge in [0.2, 0.25) is 0 Å². The zero-order chi connectivity index (χ0) is 20.8. The van der Waals surface area contributed by atoms with E-state index in [9.17, 15) is 9.18 Å². The van der Waals surface area contributed by atoms with Gasteiger partial charge in [0, 0.05) is 17.8 Å². The molecule has 30 heavy (non-hydrogen) atoms. The Hall–Kier alpha value is -2.73. The summed E-state index contributed by atoms with van der Waals surface area (Å²) in [6.07, 6.45) is 7.36. The Morgan fingerprint density at radius 2 is 1.93 bits per heavy atom. The molecule has 3 heterocycles. The Labute approximate surface area is 177 Å². The number of benzene rings is 1. The molecular formula is C23H22ClFN4O. The topological polar surface area (TPSA) is 63.6 Å². The van der Waals surface area contributed by atoms with Crippen LogP contribution in [0.15, 0.2) is 47.5 Å². The predicted molar refractivity (Wildman–Crippen MR) is 116 cm³/mol. The third-order valence-electron chi connectivity index (χ3n) is 6.57. The van der Waals surface area contributed by atoms with Crippen LogP contribution >= 0.6 is 11.6 Å². The Morgan fingerprint density at radius 3 is 2.73 bits per heavy atom. The summed E-state index contributed by atoms with van der Waals surface area (Å²) in [7, 11) is 0. The van der Waals surface area contributed by atoms with Crippen molar-refractivity contribution < 1.29 is 4.39 Å². The standard InChI is InChI=1S/C23H22ClFN4O/c1-13(29-23(30)20-10-16(24)12-27-22(20)28-29)14-2-4-15(5-3-14)18-8-9-26-21-7-6-17(25)11-19(18)21/h6-15H,2-5H2,1H3,(H,27,28). The third-order valence-corrected chi connectivity index (χ3v) is 6.78. The molecule has 7 heteroatoms. The average Bonchev–Trinajstić information content (AvgIpc) is 3.09. The summed E-state index contributed by atoms with van der Waals surface area (Å²) in [4.78, 5) is 21.4. The van der Waals surface area contributed by atoms with Gasteiger partial charge in [-0.3, -0.25) is 14.9 Å². The highest BCUT2D eigenvalue weighted by atomic mass is 35.5. The van der Waals surface area contributed by atoms with Crippen molar-refractivity contribution in [3.8, 4) is 0 Å². The van der Waals surface area contributed by atoms with Crippen LogP contribution in [0.25, 0.3) is 21.9 Å². The van der Waals surface area contributed by atoms with E-state index in [2.05, 4.69) is 22.0 Å². The van der Waals surface area contributed by atoms with E-state index < -0.39 is 0 Å². The average molecular weight is 425 g/mol. The van der Waals surface area contributed by atoms with Gasteiger partial charge in [-0.05, 0) is 80.3 Å². The molecule has 5 rings (SSSR count). The lowest BCUT2D eigenvalue weighted by molar-refractivity contribution is 0.232. The molecule has 1 atom stereocenters. The van der Waals surface area contributed by atoms with Crippen LogP contribution in [0.3, 0.4) is 0 Å². The van der Waals surface area contributed by atoms with Crippen LogP contribution in [0, 0.1) is 11.7 Å². The zero-order valence-corrected chi connectivity index (χ0v) is 17.4. The zero-order valence-electron chi connectivity index (χ0n) is 16.6. The highest BCUT2D eigenvalue weighted by Gasteiger charge is 2.29. The number of nitrogens with one attached hydrogen (secondary N) is 1. The van der Waals surface area contributed by atoms with Crippen LogP contribution in [0.4, 0.5) is 4.39 Å². The third kappa shape index (κ3) is 3.29. The molecular weight excluding hydrogens is 403 g/mol. The molecule has 1 N–H and O–H groups in total. The normalized spacial score (nSPS) is 20.6. The summed E-state index contributed by atoms with van der Waals surface area (Å²) in [6.45, 7) is 2.08. The first-order valence-electron chi connectivity index (χ1n) is 10.3. The second-order valence-corrected chi connectivity index (χ2v) is 8.69. The number of nitrogens with zero attached hydrogens (tertiary/aromatic N) is 3. The Morgan fingerprint density at radius 1 is 1.13 bits per heavy atom. The van der Waals surface area contributed by atoms with Gasteiger partial charge in [0.05, 0.1) is 22.0 Å². The van der Waals surface area contributed by atoms with E-state index in [4.69, 9.17) is 11.6 Å². The molecule has 0 radical (unpaired) electrons. The van der Waals surface area contributed by atoms with Crippen LogP contribution in [0.1, 0.15) is 50.1 Å². The molecule has 4 aromatic rings. The molecule has 1 aliphatic carbocycles. The summed E-state index contributed by atoms with van der Waals surface area (Å²) in [6, 6.07) is 8.51. The minimum absolute atomic E-state index is 0.0399. The highest BCUT2D eigenvalue weighted by Crippen LogP contribution is 2.41. The number of H-pyrrole nitrogens is 1. The molecule has 3 aromatic heterocycles. The molecule has 0 saturated heterocycles. The maximum atomic E-state index is 13.8. The van der Waals surface area contributed by atoms with Crippen molar-refractivity contribution in [3.63, 3.8) is 0 Å². The Balaban J connectivity index is 1.37. The number of fused-ring (bicyclic) bond motifs is 2. The molecule has 5 nitrogen and oxygen atoms in total. The fraction of sp³-hybridized carbons (Fsp3) is 0.348. The minimum Gasteiger partial charge on any atom is -0.278 e. The number of halogens is 2. The first-order valence-corrected chi connectivity index (χ1v) is 10.7. The van der Waals surface area contributed by atoms with Crippen LogP contribution < -0.4 is 5.56 Å². The fourth-order valence-corrected chi connectivity index (χ4v) is 5.05. The second-order valence-electron chi connectivity index (χ2n) is 8.25. The SMILES string of the molecule is CC(C1CCC(c2ccnc3ccc(F)cc23)CC1)n1[nH]c2ncc(Cl)cc2c1=O. The van der Waals surface area contributed by atoms with Crippen molar-refractivity contribution >= 4 is 33.5 Å². The van der Waals surface area contributed by atoms with Gasteiger partial charge in [-0.25, -0.2) is 14.1 Å². The summed E-state index contributed by atoms with van der Waals surface area (Å²) < 4.78 is 15.5. The van der Waals surface area contributed by atoms with E-state index in [0.29, 0.717) is 27.9 Å². The van der Waals surface area contributed by atoms with E-state index in [0.717, 1.165) is 36.6 Å². The number of aromatic amines is 1. The largest absolute Gasteiger partial charge is 0.278 e. The summed E-state index contributed by atoms with van der Waals surface area (Å²) in [5, 5.41) is 5.03. The second kappa shape index (κ2) is 7.51. The van der Waals surface area contributed by atoms with Gasteiger partial charge in [-0.1, -0.05) is 11.6 Å². The molecule has 1 aliphatic rings. The van der Waals surface area contributed by atoms with Crippen molar-refractivity contribution in [2.45, 2.75) is 44.6 Å². The van der Waals surface area contributed by atoms with Crippen molar-refractivity contribution in [2.24, 2.45) is 5.92 Å². The number of pyridine rings is 2. The highest BCUT2D eigenvalue weighted by molar-refractivity contribution is 6.31. The Bertz CT molecular complexity index is 1290. The van der Waals surface area contributed by atoms with Crippen LogP contribution in [-0.2, 0) is 0 Å². The number of hydrogen-bond donors (Lipinski definition) is 1. The fourth-order valence-electron chi connectivity index (χ4n) is 4.89. The molecule has 0 bridgehead atoms. The molecule has 1 fully saturated rings. The molecule has 1 saturated carbocycles. The van der Waals surface area contributed by atoms with Gasteiger partial charge in [-0.2, -0.15) is 0 Å². The molecule has 1 unspecified atom stereocenters. The van der Waals surface area contributed by atoms with Gasteiger partial charge in [0.25, 0.3) is 5.56 Å². The number of rotatable bonds is 3. The molecule has 154 valence electrons. The summed E-state index contributed by atoms with van der Waals surface area (Å²) >= 11 is 6.00. The van der Waals surface area contributed by atoms with E-state index >= 15 is 0 Å².